The molecule has 1 aromatic carbocycles. The first kappa shape index (κ1) is 16.2. The van der Waals surface area contributed by atoms with E-state index in [1.165, 1.54) is 12.1 Å². The quantitative estimate of drug-likeness (QED) is 0.858. The molecule has 1 aliphatic heterocycles. The van der Waals surface area contributed by atoms with E-state index in [9.17, 15) is 13.2 Å². The van der Waals surface area contributed by atoms with Gasteiger partial charge in [-0.05, 0) is 38.0 Å². The maximum atomic E-state index is 12.2. The Labute approximate surface area is 128 Å². The zero-order chi connectivity index (χ0) is 15.7. The first-order valence-corrected chi connectivity index (χ1v) is 8.26. The van der Waals surface area contributed by atoms with Crippen molar-refractivity contribution < 1.29 is 23.1 Å². The summed E-state index contributed by atoms with van der Waals surface area (Å²) in [6.45, 7) is 2.63. The second-order valence-electron chi connectivity index (χ2n) is 5.17. The van der Waals surface area contributed by atoms with E-state index in [4.69, 9.17) is 21.4 Å². The van der Waals surface area contributed by atoms with E-state index in [1.54, 1.807) is 0 Å². The van der Waals surface area contributed by atoms with Gasteiger partial charge in [-0.15, -0.1) is 0 Å². The monoisotopic (exact) mass is 333 g/mol. The first-order valence-electron chi connectivity index (χ1n) is 6.40. The number of carboxylic acids is 1. The number of hydrogen-bond donors (Lipinski definition) is 2. The third-order valence-electron chi connectivity index (χ3n) is 3.42. The molecule has 21 heavy (non-hydrogen) atoms. The zero-order valence-corrected chi connectivity index (χ0v) is 13.0. The van der Waals surface area contributed by atoms with E-state index in [1.807, 2.05) is 6.92 Å². The van der Waals surface area contributed by atoms with Crippen molar-refractivity contribution in [2.24, 2.45) is 0 Å². The lowest BCUT2D eigenvalue weighted by Crippen LogP contribution is -2.40. The molecular formula is C13H16ClNO5S. The Morgan fingerprint density at radius 2 is 2.24 bits per heavy atom. The summed E-state index contributed by atoms with van der Waals surface area (Å²) in [4.78, 5) is 10.8. The third-order valence-corrected chi connectivity index (χ3v) is 5.13. The molecule has 1 saturated heterocycles. The standard InChI is InChI=1S/C13H16ClNO5S/c1-13(5-2-6-20-13)8-15-21(18,19)9-3-4-10(12(16)17)11(14)7-9/h3-4,7,15H,2,5-6,8H2,1H3,(H,16,17). The number of aromatic carboxylic acids is 1. The van der Waals surface area contributed by atoms with Crippen LogP contribution in [0.2, 0.25) is 5.02 Å². The molecule has 0 bridgehead atoms. The molecule has 0 amide bonds. The molecular weight excluding hydrogens is 318 g/mol. The molecule has 0 saturated carbocycles. The average molecular weight is 334 g/mol. The number of ether oxygens (including phenoxy) is 1. The van der Waals surface area contributed by atoms with E-state index < -0.39 is 21.6 Å². The van der Waals surface area contributed by atoms with Crippen LogP contribution in [-0.4, -0.2) is 38.2 Å². The van der Waals surface area contributed by atoms with Gasteiger partial charge in [-0.3, -0.25) is 0 Å². The Morgan fingerprint density at radius 1 is 1.52 bits per heavy atom. The number of hydrogen-bond acceptors (Lipinski definition) is 4. The molecule has 116 valence electrons. The Kier molecular flexibility index (Phi) is 4.57. The highest BCUT2D eigenvalue weighted by molar-refractivity contribution is 7.89. The van der Waals surface area contributed by atoms with E-state index in [0.29, 0.717) is 6.61 Å². The van der Waals surface area contributed by atoms with Gasteiger partial charge < -0.3 is 9.84 Å². The molecule has 2 N–H and O–H groups in total. The van der Waals surface area contributed by atoms with Gasteiger partial charge in [0, 0.05) is 13.2 Å². The second-order valence-corrected chi connectivity index (χ2v) is 7.35. The highest BCUT2D eigenvalue weighted by atomic mass is 35.5. The second kappa shape index (κ2) is 5.92. The topological polar surface area (TPSA) is 92.7 Å². The fraction of sp³-hybridized carbons (Fsp3) is 0.462. The summed E-state index contributed by atoms with van der Waals surface area (Å²) in [5, 5.41) is 8.76. The molecule has 1 aliphatic rings. The summed E-state index contributed by atoms with van der Waals surface area (Å²) in [5.74, 6) is -1.20. The van der Waals surface area contributed by atoms with Crippen LogP contribution >= 0.6 is 11.6 Å². The molecule has 0 aromatic heterocycles. The number of benzene rings is 1. The lowest BCUT2D eigenvalue weighted by molar-refractivity contribution is 0.0250. The van der Waals surface area contributed by atoms with Crippen LogP contribution in [0.3, 0.4) is 0 Å². The minimum absolute atomic E-state index is 0.0703. The van der Waals surface area contributed by atoms with E-state index in [-0.39, 0.29) is 22.0 Å². The van der Waals surface area contributed by atoms with Gasteiger partial charge in [-0.1, -0.05) is 11.6 Å². The molecule has 1 unspecified atom stereocenters. The Balaban J connectivity index is 2.16. The van der Waals surface area contributed by atoms with E-state index >= 15 is 0 Å². The van der Waals surface area contributed by atoms with Crippen LogP contribution in [0.4, 0.5) is 0 Å². The third kappa shape index (κ3) is 3.74. The van der Waals surface area contributed by atoms with Gasteiger partial charge in [0.2, 0.25) is 10.0 Å². The smallest absolute Gasteiger partial charge is 0.337 e. The van der Waals surface area contributed by atoms with Crippen molar-refractivity contribution in [2.75, 3.05) is 13.2 Å². The first-order chi connectivity index (χ1) is 9.73. The minimum Gasteiger partial charge on any atom is -0.478 e. The normalized spacial score (nSPS) is 22.4. The van der Waals surface area contributed by atoms with E-state index in [2.05, 4.69) is 4.72 Å². The predicted octanol–water partition coefficient (Wildman–Crippen LogP) is 1.89. The molecule has 8 heteroatoms. The maximum absolute atomic E-state index is 12.2. The summed E-state index contributed by atoms with van der Waals surface area (Å²) < 4.78 is 32.4. The molecule has 6 nitrogen and oxygen atoms in total. The number of nitrogens with one attached hydrogen (secondary N) is 1. The average Bonchev–Trinajstić information content (AvgIpc) is 2.84. The fourth-order valence-electron chi connectivity index (χ4n) is 2.14. The number of carbonyl (C=O) groups is 1. The van der Waals surface area contributed by atoms with Crippen LogP contribution in [-0.2, 0) is 14.8 Å². The van der Waals surface area contributed by atoms with Crippen LogP contribution in [0.1, 0.15) is 30.1 Å². The van der Waals surface area contributed by atoms with Crippen LogP contribution in [0.5, 0.6) is 0 Å². The summed E-state index contributed by atoms with van der Waals surface area (Å²) in [7, 11) is -3.76. The van der Waals surface area contributed by atoms with Gasteiger partial charge in [0.1, 0.15) is 0 Å². The predicted molar refractivity (Wildman–Crippen MR) is 77.2 cm³/mol. The van der Waals surface area contributed by atoms with Gasteiger partial charge in [-0.25, -0.2) is 17.9 Å². The van der Waals surface area contributed by atoms with Crippen LogP contribution < -0.4 is 4.72 Å². The van der Waals surface area contributed by atoms with Crippen LogP contribution in [0.15, 0.2) is 23.1 Å². The van der Waals surface area contributed by atoms with Crippen molar-refractivity contribution in [2.45, 2.75) is 30.3 Å². The minimum atomic E-state index is -3.76. The van der Waals surface area contributed by atoms with Crippen molar-refractivity contribution in [1.29, 1.82) is 0 Å². The molecule has 2 rings (SSSR count). The highest BCUT2D eigenvalue weighted by Crippen LogP contribution is 2.25. The molecule has 1 heterocycles. The largest absolute Gasteiger partial charge is 0.478 e. The maximum Gasteiger partial charge on any atom is 0.337 e. The molecule has 1 fully saturated rings. The van der Waals surface area contributed by atoms with Gasteiger partial charge in [0.15, 0.2) is 0 Å². The van der Waals surface area contributed by atoms with Crippen molar-refractivity contribution in [3.05, 3.63) is 28.8 Å². The SMILES string of the molecule is CC1(CNS(=O)(=O)c2ccc(C(=O)O)c(Cl)c2)CCCO1. The van der Waals surface area contributed by atoms with Crippen molar-refractivity contribution in [3.8, 4) is 0 Å². The Bertz CT molecular complexity index is 653. The molecule has 0 radical (unpaired) electrons. The summed E-state index contributed by atoms with van der Waals surface area (Å²) in [6.07, 6.45) is 1.69. The number of rotatable bonds is 5. The lowest BCUT2D eigenvalue weighted by Gasteiger charge is -2.23. The van der Waals surface area contributed by atoms with Crippen LogP contribution in [0, 0.1) is 0 Å². The van der Waals surface area contributed by atoms with Crippen LogP contribution in [0.25, 0.3) is 0 Å². The molecule has 1 aromatic rings. The summed E-state index contributed by atoms with van der Waals surface area (Å²) >= 11 is 5.79. The van der Waals surface area contributed by atoms with Gasteiger partial charge in [0.25, 0.3) is 0 Å². The zero-order valence-electron chi connectivity index (χ0n) is 11.4. The van der Waals surface area contributed by atoms with Gasteiger partial charge in [-0.2, -0.15) is 0 Å². The summed E-state index contributed by atoms with van der Waals surface area (Å²) in [6, 6.07) is 3.52. The Hall–Kier alpha value is -1.15. The number of sulfonamides is 1. The summed E-state index contributed by atoms with van der Waals surface area (Å²) in [5.41, 5.74) is -0.639. The number of carboxylic acid groups (broad SMARTS) is 1. The van der Waals surface area contributed by atoms with Gasteiger partial charge >= 0.3 is 5.97 Å². The van der Waals surface area contributed by atoms with Crippen molar-refractivity contribution >= 4 is 27.6 Å². The molecule has 1 atom stereocenters. The molecule has 0 aliphatic carbocycles. The van der Waals surface area contributed by atoms with Crippen molar-refractivity contribution in [1.82, 2.24) is 4.72 Å². The number of halogens is 1. The molecule has 0 spiro atoms. The van der Waals surface area contributed by atoms with Gasteiger partial charge in [0.05, 0.1) is 21.1 Å². The Morgan fingerprint density at radius 3 is 2.76 bits per heavy atom. The van der Waals surface area contributed by atoms with Crippen molar-refractivity contribution in [3.63, 3.8) is 0 Å². The highest BCUT2D eigenvalue weighted by Gasteiger charge is 2.31. The lowest BCUT2D eigenvalue weighted by atomic mass is 10.0. The van der Waals surface area contributed by atoms with E-state index in [0.717, 1.165) is 18.9 Å². The fourth-order valence-corrected chi connectivity index (χ4v) is 3.65.